The van der Waals surface area contributed by atoms with Gasteiger partial charge in [-0.1, -0.05) is 53.4 Å². The Kier molecular flexibility index (Phi) is 26.2. The van der Waals surface area contributed by atoms with Gasteiger partial charge in [0, 0.05) is 26.2 Å². The summed E-state index contributed by atoms with van der Waals surface area (Å²) in [5.41, 5.74) is 0. The number of carbonyl (C=O) groups is 4. The number of unbranched alkanes of at least 4 members (excludes halogenated alkanes) is 4. The normalized spacial score (nSPS) is 9.74. The van der Waals surface area contributed by atoms with Crippen LogP contribution in [0.3, 0.4) is 0 Å². The zero-order valence-corrected chi connectivity index (χ0v) is 24.1. The molecule has 31 heavy (non-hydrogen) atoms. The minimum atomic E-state index is -0.0435. The summed E-state index contributed by atoms with van der Waals surface area (Å²) in [6.45, 7) is 14.5. The molecule has 0 aromatic heterocycles. The molecule has 0 rings (SSSR count). The largest absolute Gasteiger partial charge is 2.00 e. The van der Waals surface area contributed by atoms with Gasteiger partial charge in [-0.15, -0.1) is 0 Å². The van der Waals surface area contributed by atoms with Gasteiger partial charge in [0.25, 0.3) is 0 Å². The number of amides is 2. The molecule has 0 radical (unpaired) electrons. The molecule has 0 unspecified atom stereocenters. The van der Waals surface area contributed by atoms with E-state index in [1.807, 2.05) is 9.80 Å². The Hall–Kier alpha value is -1.10. The van der Waals surface area contributed by atoms with E-state index in [1.54, 1.807) is 0 Å². The number of hydrogen-bond donors (Lipinski definition) is 0. The van der Waals surface area contributed by atoms with Gasteiger partial charge in [-0.2, -0.15) is 0 Å². The van der Waals surface area contributed by atoms with Crippen LogP contribution in [0.2, 0.25) is 0 Å². The fourth-order valence-corrected chi connectivity index (χ4v) is 2.77. The molecule has 0 spiro atoms. The van der Waals surface area contributed by atoms with E-state index in [9.17, 15) is 19.2 Å². The molecule has 0 aliphatic rings. The third kappa shape index (κ3) is 21.9. The van der Waals surface area contributed by atoms with Crippen molar-refractivity contribution in [1.82, 2.24) is 9.80 Å². The Labute approximate surface area is 203 Å². The molecule has 0 heterocycles. The van der Waals surface area contributed by atoms with Crippen LogP contribution in [0.5, 0.6) is 0 Å². The van der Waals surface area contributed by atoms with Crippen molar-refractivity contribution < 1.29 is 38.7 Å². The van der Waals surface area contributed by atoms with E-state index in [1.165, 1.54) is 13.8 Å². The molecule has 2 amide bonds. The summed E-state index contributed by atoms with van der Waals surface area (Å²) in [6, 6.07) is 0. The third-order valence-corrected chi connectivity index (χ3v) is 4.63. The molecule has 0 fully saturated rings. The monoisotopic (exact) mass is 490 g/mol. The molecule has 0 bridgehead atoms. The molecule has 0 saturated heterocycles. The van der Waals surface area contributed by atoms with Gasteiger partial charge in [-0.05, 0) is 39.5 Å². The molecule has 0 saturated carbocycles. The summed E-state index contributed by atoms with van der Waals surface area (Å²) in [5, 5.41) is 0. The van der Waals surface area contributed by atoms with Crippen LogP contribution in [0.1, 0.15) is 106 Å². The average molecular weight is 492 g/mol. The Morgan fingerprint density at radius 2 is 0.742 bits per heavy atom. The van der Waals surface area contributed by atoms with E-state index in [2.05, 4.69) is 27.7 Å². The van der Waals surface area contributed by atoms with Crippen LogP contribution in [-0.2, 0) is 38.7 Å². The minimum Gasteiger partial charge on any atom is -0.342 e. The van der Waals surface area contributed by atoms with E-state index >= 15 is 0 Å². The maximum atomic E-state index is 11.7. The summed E-state index contributed by atoms with van der Waals surface area (Å²) in [5.74, 6) is -0.107. The van der Waals surface area contributed by atoms with Crippen LogP contribution < -0.4 is 0 Å². The van der Waals surface area contributed by atoms with Gasteiger partial charge in [0.15, 0.2) is 0 Å². The SMILES string of the molecule is CCCCN(CCCC)C(=O)CC(C)=O.CCCCN(CCCC)C(=O)CC(C)=O.[Zn+2]. The van der Waals surface area contributed by atoms with Crippen LogP contribution in [-0.4, -0.2) is 59.4 Å². The Balaban J connectivity index is -0.000000490. The third-order valence-electron chi connectivity index (χ3n) is 4.63. The molecule has 0 atom stereocenters. The standard InChI is InChI=1S/2C12H23NO2.Zn/c2*1-4-6-8-13(9-7-5-2)12(15)10-11(3)14;/h2*4-10H2,1-3H3;/q;;+2. The topological polar surface area (TPSA) is 74.8 Å². The van der Waals surface area contributed by atoms with Crippen molar-refractivity contribution in [2.24, 2.45) is 0 Å². The second-order valence-electron chi connectivity index (χ2n) is 7.93. The molecule has 0 aromatic carbocycles. The summed E-state index contributed by atoms with van der Waals surface area (Å²) in [4.78, 5) is 48.7. The summed E-state index contributed by atoms with van der Waals surface area (Å²) >= 11 is 0. The Morgan fingerprint density at radius 3 is 0.903 bits per heavy atom. The van der Waals surface area contributed by atoms with Gasteiger partial charge in [-0.3, -0.25) is 19.2 Å². The molecule has 7 heteroatoms. The fourth-order valence-electron chi connectivity index (χ4n) is 2.77. The molecule has 0 aromatic rings. The maximum absolute atomic E-state index is 11.7. The number of hydrogen-bond acceptors (Lipinski definition) is 4. The molecule has 0 N–H and O–H groups in total. The second kappa shape index (κ2) is 23.6. The number of rotatable bonds is 16. The summed E-state index contributed by atoms with van der Waals surface area (Å²) < 4.78 is 0. The van der Waals surface area contributed by atoms with Crippen LogP contribution in [0.4, 0.5) is 0 Å². The summed E-state index contributed by atoms with van der Waals surface area (Å²) in [6.07, 6.45) is 8.53. The van der Waals surface area contributed by atoms with Crippen LogP contribution >= 0.6 is 0 Å². The number of nitrogens with zero attached hydrogens (tertiary/aromatic N) is 2. The average Bonchev–Trinajstić information content (AvgIpc) is 2.67. The first-order valence-corrected chi connectivity index (χ1v) is 11.8. The first kappa shape index (κ1) is 34.5. The van der Waals surface area contributed by atoms with E-state index in [0.29, 0.717) is 0 Å². The van der Waals surface area contributed by atoms with Gasteiger partial charge in [-0.25, -0.2) is 0 Å². The summed E-state index contributed by atoms with van der Waals surface area (Å²) in [7, 11) is 0. The van der Waals surface area contributed by atoms with Crippen LogP contribution in [0.15, 0.2) is 0 Å². The van der Waals surface area contributed by atoms with E-state index < -0.39 is 0 Å². The van der Waals surface area contributed by atoms with Gasteiger partial charge in [0.05, 0.1) is 12.8 Å². The minimum absolute atomic E-state index is 0. The van der Waals surface area contributed by atoms with Gasteiger partial charge < -0.3 is 9.80 Å². The molecular weight excluding hydrogens is 446 g/mol. The van der Waals surface area contributed by atoms with Crippen LogP contribution in [0.25, 0.3) is 0 Å². The number of carbonyl (C=O) groups excluding carboxylic acids is 4. The fraction of sp³-hybridized carbons (Fsp3) is 0.833. The molecule has 6 nitrogen and oxygen atoms in total. The smallest absolute Gasteiger partial charge is 0.342 e. The van der Waals surface area contributed by atoms with Crippen molar-refractivity contribution in [1.29, 1.82) is 0 Å². The van der Waals surface area contributed by atoms with Crippen molar-refractivity contribution in [3.05, 3.63) is 0 Å². The van der Waals surface area contributed by atoms with Crippen molar-refractivity contribution in [3.63, 3.8) is 0 Å². The predicted molar refractivity (Wildman–Crippen MR) is 123 cm³/mol. The second-order valence-corrected chi connectivity index (χ2v) is 7.93. The van der Waals surface area contributed by atoms with Crippen molar-refractivity contribution in [3.8, 4) is 0 Å². The molecule has 0 aliphatic carbocycles. The number of ketones is 2. The zero-order valence-electron chi connectivity index (χ0n) is 21.1. The van der Waals surface area contributed by atoms with Crippen molar-refractivity contribution in [2.45, 2.75) is 106 Å². The number of Topliss-reactive ketones (excluding diaryl/α,β-unsaturated/α-hetero) is 2. The molecule has 0 aliphatic heterocycles. The molecule has 176 valence electrons. The van der Waals surface area contributed by atoms with Gasteiger partial charge in [0.1, 0.15) is 11.6 Å². The predicted octanol–water partition coefficient (Wildman–Crippen LogP) is 4.79. The van der Waals surface area contributed by atoms with Gasteiger partial charge >= 0.3 is 19.5 Å². The van der Waals surface area contributed by atoms with E-state index in [4.69, 9.17) is 0 Å². The van der Waals surface area contributed by atoms with Gasteiger partial charge in [0.2, 0.25) is 11.8 Å². The molecular formula is C24H46N2O4Zn+2. The van der Waals surface area contributed by atoms with E-state index in [-0.39, 0.29) is 55.7 Å². The van der Waals surface area contributed by atoms with Crippen LogP contribution in [0, 0.1) is 0 Å². The maximum Gasteiger partial charge on any atom is 2.00 e. The quantitative estimate of drug-likeness (QED) is 0.230. The Morgan fingerprint density at radius 1 is 0.516 bits per heavy atom. The van der Waals surface area contributed by atoms with Crippen molar-refractivity contribution in [2.75, 3.05) is 26.2 Å². The first-order valence-electron chi connectivity index (χ1n) is 11.8. The first-order chi connectivity index (χ1) is 14.2. The van der Waals surface area contributed by atoms with Crippen molar-refractivity contribution >= 4 is 23.4 Å². The van der Waals surface area contributed by atoms with E-state index in [0.717, 1.165) is 77.5 Å². The zero-order chi connectivity index (χ0) is 23.4. The Bertz CT molecular complexity index is 438.